The van der Waals surface area contributed by atoms with Gasteiger partial charge in [-0.3, -0.25) is 4.57 Å². The third-order valence-corrected chi connectivity index (χ3v) is 4.90. The summed E-state index contributed by atoms with van der Waals surface area (Å²) in [5, 5.41) is 0. The van der Waals surface area contributed by atoms with E-state index in [1.165, 1.54) is 10.1 Å². The predicted octanol–water partition coefficient (Wildman–Crippen LogP) is 3.96. The number of hydrogen-bond acceptors (Lipinski definition) is 5. The number of pyridine rings is 1. The van der Waals surface area contributed by atoms with Crippen molar-refractivity contribution in [3.63, 3.8) is 0 Å². The van der Waals surface area contributed by atoms with Crippen molar-refractivity contribution in [3.05, 3.63) is 87.7 Å². The van der Waals surface area contributed by atoms with E-state index in [0.717, 1.165) is 22.4 Å². The Morgan fingerprint density at radius 3 is 2.80 bits per heavy atom. The van der Waals surface area contributed by atoms with Crippen LogP contribution in [0.1, 0.15) is 35.2 Å². The first-order valence-electron chi connectivity index (χ1n) is 9.89. The Bertz CT molecular complexity index is 1220. The zero-order valence-electron chi connectivity index (χ0n) is 17.3. The van der Waals surface area contributed by atoms with Crippen molar-refractivity contribution in [2.45, 2.75) is 33.8 Å². The summed E-state index contributed by atoms with van der Waals surface area (Å²) in [6.07, 6.45) is 5.68. The normalized spacial score (nSPS) is 11.2. The van der Waals surface area contributed by atoms with Crippen molar-refractivity contribution < 1.29 is 9.15 Å². The molecule has 0 fully saturated rings. The van der Waals surface area contributed by atoms with Crippen LogP contribution >= 0.6 is 0 Å². The second kappa shape index (κ2) is 8.51. The fraction of sp³-hybridized carbons (Fsp3) is 0.261. The van der Waals surface area contributed by atoms with Gasteiger partial charge in [0.05, 0.1) is 12.8 Å². The van der Waals surface area contributed by atoms with Crippen molar-refractivity contribution in [3.8, 4) is 17.1 Å². The standard InChI is InChI=1S/C23H24N4O3/c1-4-29-14-17-6-5-15(2)19(9-17)11-22-25-12-20(30-22)18-7-8-24-21(10-18)27-13-16(3)26-23(27)28/h5-10,12-13H,4,11,14H2,1-3H3,(H,26,28). The monoisotopic (exact) mass is 404 g/mol. The summed E-state index contributed by atoms with van der Waals surface area (Å²) in [6.45, 7) is 7.18. The molecule has 0 aliphatic rings. The second-order valence-electron chi connectivity index (χ2n) is 7.21. The summed E-state index contributed by atoms with van der Waals surface area (Å²) in [5.74, 6) is 1.80. The van der Waals surface area contributed by atoms with E-state index in [-0.39, 0.29) is 5.69 Å². The molecule has 0 atom stereocenters. The van der Waals surface area contributed by atoms with Crippen LogP contribution in [0.15, 0.2) is 58.1 Å². The number of hydrogen-bond donors (Lipinski definition) is 1. The van der Waals surface area contributed by atoms with Crippen LogP contribution in [0.3, 0.4) is 0 Å². The molecule has 4 aromatic rings. The molecular formula is C23H24N4O3. The van der Waals surface area contributed by atoms with E-state index < -0.39 is 0 Å². The van der Waals surface area contributed by atoms with Crippen LogP contribution in [-0.4, -0.2) is 26.1 Å². The quantitative estimate of drug-likeness (QED) is 0.504. The molecule has 4 rings (SSSR count). The fourth-order valence-corrected chi connectivity index (χ4v) is 3.30. The molecule has 7 heteroatoms. The molecule has 0 unspecified atom stereocenters. The lowest BCUT2D eigenvalue weighted by Crippen LogP contribution is -2.15. The molecule has 0 saturated carbocycles. The molecule has 0 radical (unpaired) electrons. The van der Waals surface area contributed by atoms with E-state index in [9.17, 15) is 4.79 Å². The van der Waals surface area contributed by atoms with Gasteiger partial charge in [-0.1, -0.05) is 18.2 Å². The molecule has 0 aliphatic carbocycles. The molecule has 30 heavy (non-hydrogen) atoms. The Kier molecular flexibility index (Phi) is 5.63. The van der Waals surface area contributed by atoms with Gasteiger partial charge in [0.2, 0.25) is 0 Å². The highest BCUT2D eigenvalue weighted by molar-refractivity contribution is 5.58. The number of aromatic amines is 1. The number of nitrogens with one attached hydrogen (secondary N) is 1. The van der Waals surface area contributed by atoms with Crippen LogP contribution in [0.5, 0.6) is 0 Å². The highest BCUT2D eigenvalue weighted by Crippen LogP contribution is 2.24. The van der Waals surface area contributed by atoms with Crippen molar-refractivity contribution in [1.82, 2.24) is 19.5 Å². The van der Waals surface area contributed by atoms with Gasteiger partial charge >= 0.3 is 5.69 Å². The average molecular weight is 404 g/mol. The van der Waals surface area contributed by atoms with Gasteiger partial charge in [-0.05, 0) is 49.6 Å². The Labute approximate surface area is 174 Å². The first-order chi connectivity index (χ1) is 14.5. The molecular weight excluding hydrogens is 380 g/mol. The van der Waals surface area contributed by atoms with E-state index in [4.69, 9.17) is 9.15 Å². The molecule has 0 bridgehead atoms. The van der Waals surface area contributed by atoms with Crippen molar-refractivity contribution in [2.75, 3.05) is 6.61 Å². The molecule has 0 spiro atoms. The lowest BCUT2D eigenvalue weighted by Gasteiger charge is -2.08. The third kappa shape index (κ3) is 4.26. The Hall–Kier alpha value is -3.45. The summed E-state index contributed by atoms with van der Waals surface area (Å²) in [6, 6.07) is 9.97. The number of rotatable bonds is 7. The van der Waals surface area contributed by atoms with Gasteiger partial charge in [0, 0.05) is 36.7 Å². The van der Waals surface area contributed by atoms with Gasteiger partial charge in [-0.25, -0.2) is 14.8 Å². The molecule has 3 aromatic heterocycles. The van der Waals surface area contributed by atoms with Gasteiger partial charge in [0.1, 0.15) is 5.82 Å². The minimum atomic E-state index is -0.224. The summed E-state index contributed by atoms with van der Waals surface area (Å²) in [4.78, 5) is 23.5. The van der Waals surface area contributed by atoms with E-state index in [1.54, 1.807) is 18.6 Å². The lowest BCUT2D eigenvalue weighted by molar-refractivity contribution is 0.134. The van der Waals surface area contributed by atoms with Crippen LogP contribution in [0.4, 0.5) is 0 Å². The minimum Gasteiger partial charge on any atom is -0.440 e. The van der Waals surface area contributed by atoms with Crippen molar-refractivity contribution in [2.24, 2.45) is 0 Å². The summed E-state index contributed by atoms with van der Waals surface area (Å²) >= 11 is 0. The topological polar surface area (TPSA) is 85.9 Å². The van der Waals surface area contributed by atoms with Crippen LogP contribution in [-0.2, 0) is 17.8 Å². The summed E-state index contributed by atoms with van der Waals surface area (Å²) in [5.41, 5.74) is 4.84. The van der Waals surface area contributed by atoms with E-state index >= 15 is 0 Å². The third-order valence-electron chi connectivity index (χ3n) is 4.90. The Balaban J connectivity index is 1.57. The van der Waals surface area contributed by atoms with E-state index in [2.05, 4.69) is 40.1 Å². The first kappa shape index (κ1) is 19.8. The number of nitrogens with zero attached hydrogens (tertiary/aromatic N) is 3. The first-order valence-corrected chi connectivity index (χ1v) is 9.89. The maximum atomic E-state index is 12.0. The number of oxazole rings is 1. The molecule has 0 saturated heterocycles. The average Bonchev–Trinajstić information content (AvgIpc) is 3.34. The van der Waals surface area contributed by atoms with Gasteiger partial charge in [-0.2, -0.15) is 0 Å². The summed E-state index contributed by atoms with van der Waals surface area (Å²) in [7, 11) is 0. The maximum Gasteiger partial charge on any atom is 0.331 e. The van der Waals surface area contributed by atoms with Crippen LogP contribution < -0.4 is 5.69 Å². The highest BCUT2D eigenvalue weighted by Gasteiger charge is 2.12. The number of ether oxygens (including phenoxy) is 1. The van der Waals surface area contributed by atoms with Gasteiger partial charge in [0.25, 0.3) is 0 Å². The van der Waals surface area contributed by atoms with Gasteiger partial charge < -0.3 is 14.1 Å². The van der Waals surface area contributed by atoms with Crippen molar-refractivity contribution in [1.29, 1.82) is 0 Å². The van der Waals surface area contributed by atoms with Crippen LogP contribution in [0.2, 0.25) is 0 Å². The van der Waals surface area contributed by atoms with E-state index in [0.29, 0.717) is 37.1 Å². The van der Waals surface area contributed by atoms with Gasteiger partial charge in [0.15, 0.2) is 11.7 Å². The van der Waals surface area contributed by atoms with Crippen LogP contribution in [0, 0.1) is 13.8 Å². The maximum absolute atomic E-state index is 12.0. The zero-order valence-corrected chi connectivity index (χ0v) is 17.3. The smallest absolute Gasteiger partial charge is 0.331 e. The minimum absolute atomic E-state index is 0.224. The number of aromatic nitrogens is 4. The molecule has 1 N–H and O–H groups in total. The molecule has 3 heterocycles. The second-order valence-corrected chi connectivity index (χ2v) is 7.21. The molecule has 0 aliphatic heterocycles. The molecule has 7 nitrogen and oxygen atoms in total. The number of imidazole rings is 1. The molecule has 154 valence electrons. The Morgan fingerprint density at radius 1 is 1.17 bits per heavy atom. The Morgan fingerprint density at radius 2 is 2.03 bits per heavy atom. The summed E-state index contributed by atoms with van der Waals surface area (Å²) < 4.78 is 13.0. The molecule has 1 aromatic carbocycles. The number of H-pyrrole nitrogens is 1. The molecule has 0 amide bonds. The lowest BCUT2D eigenvalue weighted by atomic mass is 10.0. The number of benzene rings is 1. The van der Waals surface area contributed by atoms with Gasteiger partial charge in [-0.15, -0.1) is 0 Å². The zero-order chi connectivity index (χ0) is 21.1. The number of aryl methyl sites for hydroxylation is 2. The largest absolute Gasteiger partial charge is 0.440 e. The van der Waals surface area contributed by atoms with E-state index in [1.807, 2.05) is 26.0 Å². The fourth-order valence-electron chi connectivity index (χ4n) is 3.30. The predicted molar refractivity (Wildman–Crippen MR) is 114 cm³/mol. The van der Waals surface area contributed by atoms with Crippen LogP contribution in [0.25, 0.3) is 17.1 Å². The SMILES string of the molecule is CCOCc1ccc(C)c(Cc2ncc(-c3ccnc(-n4cc(C)[nH]c4=O)c3)o2)c1. The highest BCUT2D eigenvalue weighted by atomic mass is 16.5. The van der Waals surface area contributed by atoms with Crippen molar-refractivity contribution >= 4 is 0 Å².